The average molecular weight is 712 g/mol. The zero-order valence-corrected chi connectivity index (χ0v) is 30.9. The van der Waals surface area contributed by atoms with Crippen LogP contribution >= 0.6 is 0 Å². The van der Waals surface area contributed by atoms with Gasteiger partial charge in [0.25, 0.3) is 0 Å². The number of ether oxygens (including phenoxy) is 1. The molecule has 12 nitrogen and oxygen atoms in total. The summed E-state index contributed by atoms with van der Waals surface area (Å²) in [7, 11) is 0. The molecule has 12 heteroatoms. The van der Waals surface area contributed by atoms with Gasteiger partial charge in [0.05, 0.1) is 17.6 Å². The van der Waals surface area contributed by atoms with Crippen molar-refractivity contribution < 1.29 is 23.9 Å². The lowest BCUT2D eigenvalue weighted by atomic mass is 9.91. The van der Waals surface area contributed by atoms with Gasteiger partial charge in [0, 0.05) is 62.3 Å². The second-order valence-corrected chi connectivity index (χ2v) is 16.0. The van der Waals surface area contributed by atoms with Crippen molar-refractivity contribution in [3.8, 4) is 0 Å². The van der Waals surface area contributed by atoms with Gasteiger partial charge in [-0.15, -0.1) is 0 Å². The fourth-order valence-corrected chi connectivity index (χ4v) is 8.47. The minimum atomic E-state index is -0.651. The molecule has 1 unspecified atom stereocenters. The second kappa shape index (κ2) is 15.3. The molecule has 3 aromatic rings. The summed E-state index contributed by atoms with van der Waals surface area (Å²) in [5.41, 5.74) is 2.85. The molecule has 52 heavy (non-hydrogen) atoms. The first-order valence-electron chi connectivity index (χ1n) is 19.2. The zero-order chi connectivity index (χ0) is 36.4. The van der Waals surface area contributed by atoms with E-state index in [0.29, 0.717) is 63.5 Å². The van der Waals surface area contributed by atoms with Crippen LogP contribution in [0.1, 0.15) is 83.3 Å². The van der Waals surface area contributed by atoms with Crippen molar-refractivity contribution in [3.63, 3.8) is 0 Å². The van der Waals surface area contributed by atoms with Crippen LogP contribution in [0.15, 0.2) is 48.7 Å². The van der Waals surface area contributed by atoms with E-state index in [1.54, 1.807) is 6.20 Å². The number of rotatable bonds is 7. The summed E-state index contributed by atoms with van der Waals surface area (Å²) in [5, 5.41) is 8.08. The summed E-state index contributed by atoms with van der Waals surface area (Å²) in [6, 6.07) is 14.1. The van der Waals surface area contributed by atoms with E-state index in [0.717, 1.165) is 48.1 Å². The van der Waals surface area contributed by atoms with Crippen molar-refractivity contribution in [2.75, 3.05) is 44.6 Å². The lowest BCUT2D eigenvalue weighted by molar-refractivity contribution is -0.143. The predicted molar refractivity (Wildman–Crippen MR) is 199 cm³/mol. The van der Waals surface area contributed by atoms with E-state index in [1.807, 2.05) is 77.9 Å². The van der Waals surface area contributed by atoms with Gasteiger partial charge in [0.15, 0.2) is 0 Å². The molecule has 4 aliphatic heterocycles. The van der Waals surface area contributed by atoms with E-state index >= 15 is 0 Å². The Morgan fingerprint density at radius 2 is 1.58 bits per heavy atom. The number of aromatic nitrogens is 2. The summed E-state index contributed by atoms with van der Waals surface area (Å²) >= 11 is 0. The van der Waals surface area contributed by atoms with Crippen molar-refractivity contribution in [2.45, 2.75) is 103 Å². The number of para-hydroxylation sites is 1. The molecule has 5 heterocycles. The minimum Gasteiger partial charge on any atom is -0.442 e. The Labute approximate surface area is 306 Å². The summed E-state index contributed by atoms with van der Waals surface area (Å²) in [6.45, 7) is 10.8. The lowest BCUT2D eigenvalue weighted by Gasteiger charge is -2.41. The average Bonchev–Trinajstić information content (AvgIpc) is 3.57. The van der Waals surface area contributed by atoms with E-state index in [9.17, 15) is 19.2 Å². The first kappa shape index (κ1) is 35.9. The van der Waals surface area contributed by atoms with Gasteiger partial charge in [-0.05, 0) is 108 Å². The van der Waals surface area contributed by atoms with Gasteiger partial charge in [-0.1, -0.05) is 30.7 Å². The normalized spacial score (nSPS) is 20.1. The monoisotopic (exact) mass is 711 g/mol. The predicted octanol–water partition coefficient (Wildman–Crippen LogP) is 5.88. The number of piperidine rings is 3. The number of benzene rings is 2. The number of fused-ring (bicyclic) bond motifs is 2. The Hall–Kier alpha value is -4.45. The van der Waals surface area contributed by atoms with Crippen LogP contribution in [0.5, 0.6) is 0 Å². The molecule has 0 spiro atoms. The van der Waals surface area contributed by atoms with Gasteiger partial charge >= 0.3 is 12.1 Å². The summed E-state index contributed by atoms with van der Waals surface area (Å²) in [5.74, 6) is -0.500. The minimum absolute atomic E-state index is 0.0210. The molecule has 3 saturated heterocycles. The first-order chi connectivity index (χ1) is 25.0. The highest BCUT2D eigenvalue weighted by atomic mass is 16.6. The third kappa shape index (κ3) is 8.11. The number of nitrogens with zero attached hydrogens (tertiary/aromatic N) is 6. The van der Waals surface area contributed by atoms with Gasteiger partial charge in [-0.25, -0.2) is 9.59 Å². The van der Waals surface area contributed by atoms with Gasteiger partial charge in [-0.2, -0.15) is 9.78 Å². The number of carbonyl (C=O) groups is 4. The van der Waals surface area contributed by atoms with Crippen LogP contribution in [0.25, 0.3) is 10.9 Å². The van der Waals surface area contributed by atoms with Crippen molar-refractivity contribution >= 4 is 40.5 Å². The molecule has 1 N–H and O–H groups in total. The summed E-state index contributed by atoms with van der Waals surface area (Å²) in [4.78, 5) is 62.4. The molecule has 7 rings (SSSR count). The molecular weight excluding hydrogens is 658 g/mol. The van der Waals surface area contributed by atoms with Crippen molar-refractivity contribution in [3.05, 3.63) is 59.8 Å². The highest BCUT2D eigenvalue weighted by Gasteiger charge is 2.36. The molecule has 3 fully saturated rings. The van der Waals surface area contributed by atoms with Crippen LogP contribution in [-0.4, -0.2) is 110 Å². The fourth-order valence-electron chi connectivity index (χ4n) is 8.47. The van der Waals surface area contributed by atoms with Crippen molar-refractivity contribution in [2.24, 2.45) is 5.92 Å². The van der Waals surface area contributed by atoms with E-state index in [-0.39, 0.29) is 30.3 Å². The van der Waals surface area contributed by atoms with Gasteiger partial charge in [-0.3, -0.25) is 9.59 Å². The molecule has 1 atom stereocenters. The second-order valence-electron chi connectivity index (χ2n) is 16.0. The molecule has 0 bridgehead atoms. The van der Waals surface area contributed by atoms with E-state index < -0.39 is 17.6 Å². The summed E-state index contributed by atoms with van der Waals surface area (Å²) in [6.07, 6.45) is 8.76. The van der Waals surface area contributed by atoms with Crippen LogP contribution in [0.3, 0.4) is 0 Å². The maximum absolute atomic E-state index is 14.3. The number of carbonyl (C=O) groups excluding carboxylic acids is 4. The van der Waals surface area contributed by atoms with Crippen molar-refractivity contribution in [1.82, 2.24) is 29.4 Å². The quantitative estimate of drug-likeness (QED) is 0.325. The Kier molecular flexibility index (Phi) is 10.5. The molecule has 4 amide bonds. The van der Waals surface area contributed by atoms with E-state index in [2.05, 4.69) is 15.3 Å². The number of amides is 4. The van der Waals surface area contributed by atoms with Gasteiger partial charge < -0.3 is 29.7 Å². The topological polar surface area (TPSA) is 120 Å². The number of hydrogen-bond donors (Lipinski definition) is 1. The van der Waals surface area contributed by atoms with E-state index in [1.165, 1.54) is 23.9 Å². The highest BCUT2D eigenvalue weighted by Crippen LogP contribution is 2.30. The lowest BCUT2D eigenvalue weighted by Crippen LogP contribution is -2.52. The van der Waals surface area contributed by atoms with Crippen LogP contribution in [-0.2, 0) is 27.3 Å². The zero-order valence-electron chi connectivity index (χ0n) is 30.9. The Bertz CT molecular complexity index is 1780. The molecule has 0 radical (unpaired) electrons. The maximum atomic E-state index is 14.3. The van der Waals surface area contributed by atoms with Gasteiger partial charge in [0.2, 0.25) is 11.8 Å². The molecule has 1 aromatic heterocycles. The number of hydrogen-bond acceptors (Lipinski definition) is 7. The smallest absolute Gasteiger partial charge is 0.435 e. The summed E-state index contributed by atoms with van der Waals surface area (Å²) < 4.78 is 6.80. The fraction of sp³-hybridized carbons (Fsp3) is 0.575. The standard InChI is InChI=1S/C40H53N7O5/c1-40(2,3)52-39(51)47-35-12-11-28(24-31(35)26-41-47)23-30(37(49)45-21-13-32(14-22-45)43-17-7-4-8-18-43)25-36(48)44-19-15-33(16-20-44)46-27-29-9-5-6-10-34(29)42-38(46)50/h5-6,9-12,24,26,30,32-33H,4,7-8,13-23,25,27H2,1-3H3,(H,42,50). The molecular formula is C40H53N7O5. The highest BCUT2D eigenvalue weighted by molar-refractivity contribution is 5.92. The van der Waals surface area contributed by atoms with Crippen LogP contribution in [0.4, 0.5) is 15.3 Å². The molecule has 0 saturated carbocycles. The number of nitrogens with one attached hydrogen (secondary N) is 1. The van der Waals surface area contributed by atoms with Crippen molar-refractivity contribution in [1.29, 1.82) is 0 Å². The first-order valence-corrected chi connectivity index (χ1v) is 19.2. The van der Waals surface area contributed by atoms with Crippen LogP contribution in [0, 0.1) is 5.92 Å². The number of urea groups is 1. The Morgan fingerprint density at radius 1 is 0.885 bits per heavy atom. The maximum Gasteiger partial charge on any atom is 0.435 e. The van der Waals surface area contributed by atoms with E-state index in [4.69, 9.17) is 4.74 Å². The molecule has 278 valence electrons. The molecule has 2 aromatic carbocycles. The molecule has 0 aliphatic carbocycles. The SMILES string of the molecule is CC(C)(C)OC(=O)n1ncc2cc(CC(CC(=O)N3CCC(N4Cc5ccccc5NC4=O)CC3)C(=O)N3CCC(N4CCCCC4)CC3)ccc21. The third-order valence-electron chi connectivity index (χ3n) is 11.3. The Balaban J connectivity index is 1.03. The largest absolute Gasteiger partial charge is 0.442 e. The van der Waals surface area contributed by atoms with Gasteiger partial charge in [0.1, 0.15) is 5.60 Å². The number of anilines is 1. The number of likely N-dealkylation sites (tertiary alicyclic amines) is 3. The van der Waals surface area contributed by atoms with Crippen LogP contribution in [0.2, 0.25) is 0 Å². The van der Waals surface area contributed by atoms with Crippen LogP contribution < -0.4 is 5.32 Å². The molecule has 4 aliphatic rings. The Morgan fingerprint density at radius 3 is 2.31 bits per heavy atom. The third-order valence-corrected chi connectivity index (χ3v) is 11.3.